The van der Waals surface area contributed by atoms with Crippen LogP contribution in [0.4, 0.5) is 0 Å². The smallest absolute Gasteiger partial charge is 0.0453 e. The fraction of sp³-hybridized carbons (Fsp3) is 0.385. The van der Waals surface area contributed by atoms with Gasteiger partial charge in [-0.25, -0.2) is 0 Å². The van der Waals surface area contributed by atoms with Crippen LogP contribution in [0.5, 0.6) is 0 Å². The second-order valence-corrected chi connectivity index (χ2v) is 4.12. The summed E-state index contributed by atoms with van der Waals surface area (Å²) in [5, 5.41) is 4.55. The number of rotatable bonds is 0. The molecule has 0 atom stereocenters. The molecule has 1 saturated heterocycles. The quantitative estimate of drug-likeness (QED) is 0.703. The number of fused-ring (bicyclic) bond motifs is 1. The van der Waals surface area contributed by atoms with E-state index in [0.717, 1.165) is 13.1 Å². The third kappa shape index (κ3) is 3.08. The molecule has 1 fully saturated rings. The van der Waals surface area contributed by atoms with Gasteiger partial charge in [-0.15, -0.1) is 0 Å². The molecule has 1 aliphatic heterocycles. The summed E-state index contributed by atoms with van der Waals surface area (Å²) >= 11 is 0. The average molecular weight is 217 g/mol. The molecule has 3 nitrogen and oxygen atoms in total. The zero-order chi connectivity index (χ0) is 11.2. The van der Waals surface area contributed by atoms with E-state index in [0.29, 0.717) is 0 Å². The number of hydrogen-bond acceptors (Lipinski definition) is 2. The maximum Gasteiger partial charge on any atom is 0.0453 e. The van der Waals surface area contributed by atoms with Gasteiger partial charge in [0.15, 0.2) is 0 Å². The number of aromatic nitrogens is 1. The van der Waals surface area contributed by atoms with Crippen LogP contribution in [0.25, 0.3) is 10.9 Å². The number of piperazine rings is 1. The molecule has 2 heterocycles. The molecule has 0 unspecified atom stereocenters. The third-order valence-corrected chi connectivity index (χ3v) is 2.80. The number of likely N-dealkylation sites (N-methyl/N-ethyl adjacent to an activating group) is 1. The highest BCUT2D eigenvalue weighted by Crippen LogP contribution is 2.09. The molecule has 0 amide bonds. The molecule has 2 N–H and O–H groups in total. The van der Waals surface area contributed by atoms with Crippen molar-refractivity contribution in [3.8, 4) is 0 Å². The number of aromatic amines is 1. The SMILES string of the molecule is CN1CCNCC1.c1ccc2[nH]ccc2c1. The first-order valence-corrected chi connectivity index (χ1v) is 5.77. The molecular formula is C13H19N3. The molecule has 3 rings (SSSR count). The number of benzene rings is 1. The van der Waals surface area contributed by atoms with Crippen LogP contribution in [0.2, 0.25) is 0 Å². The Kier molecular flexibility index (Phi) is 3.97. The topological polar surface area (TPSA) is 31.1 Å². The molecule has 1 aromatic carbocycles. The Bertz CT molecular complexity index is 386. The normalized spacial score (nSPS) is 16.8. The highest BCUT2D eigenvalue weighted by Gasteiger charge is 2.01. The largest absolute Gasteiger partial charge is 0.361 e. The average Bonchev–Trinajstić information content (AvgIpc) is 2.79. The summed E-state index contributed by atoms with van der Waals surface area (Å²) in [4.78, 5) is 5.45. The number of H-pyrrole nitrogens is 1. The number of nitrogens with one attached hydrogen (secondary N) is 2. The van der Waals surface area contributed by atoms with E-state index in [4.69, 9.17) is 0 Å². The molecule has 2 aromatic rings. The second-order valence-electron chi connectivity index (χ2n) is 4.12. The Labute approximate surface area is 96.5 Å². The fourth-order valence-corrected chi connectivity index (χ4v) is 1.77. The molecule has 0 aliphatic carbocycles. The van der Waals surface area contributed by atoms with Crippen LogP contribution in [-0.2, 0) is 0 Å². The van der Waals surface area contributed by atoms with Gasteiger partial charge in [-0.1, -0.05) is 18.2 Å². The van der Waals surface area contributed by atoms with Crippen molar-refractivity contribution in [3.05, 3.63) is 36.5 Å². The van der Waals surface area contributed by atoms with Crippen LogP contribution < -0.4 is 5.32 Å². The maximum absolute atomic E-state index is 3.27. The van der Waals surface area contributed by atoms with E-state index < -0.39 is 0 Å². The van der Waals surface area contributed by atoms with Gasteiger partial charge < -0.3 is 15.2 Å². The lowest BCUT2D eigenvalue weighted by atomic mass is 10.3. The van der Waals surface area contributed by atoms with Gasteiger partial charge in [0.1, 0.15) is 0 Å². The standard InChI is InChI=1S/C8H7N.C5H12N2/c1-2-4-8-7(3-1)5-6-9-8;1-7-4-2-6-3-5-7/h1-6,9H;6H,2-5H2,1H3. The van der Waals surface area contributed by atoms with Crippen molar-refractivity contribution < 1.29 is 0 Å². The molecule has 16 heavy (non-hydrogen) atoms. The van der Waals surface area contributed by atoms with E-state index in [9.17, 15) is 0 Å². The number of hydrogen-bond donors (Lipinski definition) is 2. The second kappa shape index (κ2) is 5.68. The molecule has 1 aromatic heterocycles. The first kappa shape index (κ1) is 11.2. The minimum atomic E-state index is 1.16. The molecule has 0 saturated carbocycles. The van der Waals surface area contributed by atoms with E-state index in [1.165, 1.54) is 24.0 Å². The minimum Gasteiger partial charge on any atom is -0.361 e. The van der Waals surface area contributed by atoms with Crippen LogP contribution in [0.1, 0.15) is 0 Å². The highest BCUT2D eigenvalue weighted by atomic mass is 15.2. The van der Waals surface area contributed by atoms with Crippen molar-refractivity contribution in [2.45, 2.75) is 0 Å². The third-order valence-electron chi connectivity index (χ3n) is 2.80. The first-order valence-electron chi connectivity index (χ1n) is 5.77. The monoisotopic (exact) mass is 217 g/mol. The molecular weight excluding hydrogens is 198 g/mol. The fourth-order valence-electron chi connectivity index (χ4n) is 1.77. The van der Waals surface area contributed by atoms with E-state index in [1.807, 2.05) is 18.3 Å². The Morgan fingerprint density at radius 1 is 1.06 bits per heavy atom. The summed E-state index contributed by atoms with van der Waals surface area (Å²) in [6, 6.07) is 10.3. The Hall–Kier alpha value is -1.32. The molecule has 0 bridgehead atoms. The van der Waals surface area contributed by atoms with Crippen LogP contribution in [0.3, 0.4) is 0 Å². The summed E-state index contributed by atoms with van der Waals surface area (Å²) < 4.78 is 0. The van der Waals surface area contributed by atoms with Crippen molar-refractivity contribution in [2.75, 3.05) is 33.2 Å². The van der Waals surface area contributed by atoms with Crippen molar-refractivity contribution in [1.82, 2.24) is 15.2 Å². The lowest BCUT2D eigenvalue weighted by molar-refractivity contribution is 0.291. The molecule has 86 valence electrons. The van der Waals surface area contributed by atoms with Gasteiger partial charge in [0.2, 0.25) is 0 Å². The summed E-state index contributed by atoms with van der Waals surface area (Å²) in [6.07, 6.45) is 1.95. The molecule has 1 aliphatic rings. The summed E-state index contributed by atoms with van der Waals surface area (Å²) in [5.74, 6) is 0. The van der Waals surface area contributed by atoms with E-state index >= 15 is 0 Å². The Morgan fingerprint density at radius 3 is 2.44 bits per heavy atom. The number of nitrogens with zero attached hydrogens (tertiary/aromatic N) is 1. The highest BCUT2D eigenvalue weighted by molar-refractivity contribution is 5.78. The minimum absolute atomic E-state index is 1.16. The van der Waals surface area contributed by atoms with E-state index in [-0.39, 0.29) is 0 Å². The van der Waals surface area contributed by atoms with Crippen molar-refractivity contribution in [3.63, 3.8) is 0 Å². The summed E-state index contributed by atoms with van der Waals surface area (Å²) in [6.45, 7) is 4.74. The van der Waals surface area contributed by atoms with Crippen LogP contribution in [0.15, 0.2) is 36.5 Å². The summed E-state index contributed by atoms with van der Waals surface area (Å²) in [5.41, 5.74) is 1.21. The van der Waals surface area contributed by atoms with Gasteiger partial charge in [0.25, 0.3) is 0 Å². The van der Waals surface area contributed by atoms with E-state index in [1.54, 1.807) is 0 Å². The van der Waals surface area contributed by atoms with Gasteiger partial charge >= 0.3 is 0 Å². The zero-order valence-electron chi connectivity index (χ0n) is 9.74. The van der Waals surface area contributed by atoms with Gasteiger partial charge in [0.05, 0.1) is 0 Å². The Morgan fingerprint density at radius 2 is 1.81 bits per heavy atom. The summed E-state index contributed by atoms with van der Waals surface area (Å²) in [7, 11) is 2.15. The van der Waals surface area contributed by atoms with Crippen LogP contribution >= 0.6 is 0 Å². The van der Waals surface area contributed by atoms with Gasteiger partial charge in [-0.05, 0) is 24.6 Å². The maximum atomic E-state index is 3.27. The van der Waals surface area contributed by atoms with Crippen LogP contribution in [0, 0.1) is 0 Å². The van der Waals surface area contributed by atoms with Crippen molar-refractivity contribution >= 4 is 10.9 Å². The predicted octanol–water partition coefficient (Wildman–Crippen LogP) is 1.69. The zero-order valence-corrected chi connectivity index (χ0v) is 9.74. The van der Waals surface area contributed by atoms with Crippen LogP contribution in [-0.4, -0.2) is 43.1 Å². The van der Waals surface area contributed by atoms with Gasteiger partial charge in [-0.3, -0.25) is 0 Å². The molecule has 0 spiro atoms. The predicted molar refractivity (Wildman–Crippen MR) is 68.7 cm³/mol. The Balaban J connectivity index is 0.000000125. The number of para-hydroxylation sites is 1. The molecule has 0 radical (unpaired) electrons. The molecule has 3 heteroatoms. The first-order chi connectivity index (χ1) is 7.86. The van der Waals surface area contributed by atoms with Crippen molar-refractivity contribution in [2.24, 2.45) is 0 Å². The van der Waals surface area contributed by atoms with Gasteiger partial charge in [0, 0.05) is 37.9 Å². The van der Waals surface area contributed by atoms with Crippen molar-refractivity contribution in [1.29, 1.82) is 0 Å². The lowest BCUT2D eigenvalue weighted by Crippen LogP contribution is -2.40. The lowest BCUT2D eigenvalue weighted by Gasteiger charge is -2.21. The van der Waals surface area contributed by atoms with E-state index in [2.05, 4.69) is 40.4 Å². The van der Waals surface area contributed by atoms with Gasteiger partial charge in [-0.2, -0.15) is 0 Å².